The number of fused-ring (bicyclic) bond motifs is 4. The molecule has 0 unspecified atom stereocenters. The lowest BCUT2D eigenvalue weighted by atomic mass is 10.4. The van der Waals surface area contributed by atoms with Crippen molar-refractivity contribution in [3.05, 3.63) is 264 Å². The Balaban J connectivity index is 1.30. The SMILES string of the molecule is C[Si]1(CCCN=[N+]=[N-])O[Si]2(c3ccccc3)O[Si]3(c4ccccc4)O[Si]4(c5ccccc5)O[Si](C)(CCCN=[N+]=[N-])O[Si]5(c6ccccc6)O[Si](c6ccccc6)(O[Si](c6ccccc6)(O1)O[Si](c1ccccc1)(O5)O[Si](c1ccccc1)(O2)O4)O3. The van der Waals surface area contributed by atoms with Crippen molar-refractivity contribution in [1.29, 1.82) is 0 Å². The smallest absolute Gasteiger partial charge is 0.391 e. The average molecular weight is 1320 g/mol. The summed E-state index contributed by atoms with van der Waals surface area (Å²) in [6, 6.07) is 76.2. The highest BCUT2D eigenvalue weighted by Gasteiger charge is 2.83. The van der Waals surface area contributed by atoms with E-state index in [2.05, 4.69) is 20.1 Å². The topological polar surface area (TPSA) is 227 Å². The van der Waals surface area contributed by atoms with Crippen molar-refractivity contribution in [2.24, 2.45) is 10.2 Å². The monoisotopic (exact) mass is 1320 g/mol. The Morgan fingerprint density at radius 3 is 0.558 bits per heavy atom. The molecule has 0 aliphatic carbocycles. The Bertz CT molecular complexity index is 3280. The molecule has 0 saturated carbocycles. The van der Waals surface area contributed by atoms with Crippen LogP contribution in [0.2, 0.25) is 25.2 Å². The predicted molar refractivity (Wildman–Crippen MR) is 340 cm³/mol. The molecular formula is C56H58N6O14Si10. The molecule has 6 saturated heterocycles. The van der Waals surface area contributed by atoms with E-state index < -0.39 is 87.6 Å². The average Bonchev–Trinajstić information content (AvgIpc) is 0.699. The van der Waals surface area contributed by atoms with E-state index in [4.69, 9.17) is 57.6 Å². The summed E-state index contributed by atoms with van der Waals surface area (Å²) in [5, 5.41) is 11.8. The quantitative estimate of drug-likeness (QED) is 0.0327. The van der Waals surface area contributed by atoms with Crippen LogP contribution in [-0.2, 0) is 57.6 Å². The third-order valence-corrected chi connectivity index (χ3v) is 58.6. The van der Waals surface area contributed by atoms with Crippen LogP contribution in [0.15, 0.2) is 253 Å². The molecule has 6 aliphatic rings. The standard InChI is InChI=1S/C56H58N6O14Si10/c1-77(47-27-45-59-61-57)63-79(49-29-11-3-12-30-49)67-83(53-37-19-7-20-38-53)71-81(51-33-15-5-16-34-51)65-78(2,48-28-46-60-62-58)66-82(52-35-17-6-18-36-52)73-85(75-83,55-41-23-9-24-42-55)69-80(64-77,50-31-13-4-14-32-50)70-86(74-82,56-43-25-10-26-44-56)76-84(68-79,72-81)54-39-21-8-22-40-54/h3-26,29-44H,27-28,45-48H2,1-2H3. The predicted octanol–water partition coefficient (Wildman–Crippen LogP) is 6.60. The first-order valence-corrected chi connectivity index (χ1v) is 47.0. The van der Waals surface area contributed by atoms with E-state index >= 15 is 0 Å². The number of nitrogens with zero attached hydrogens (tertiary/aromatic N) is 6. The molecule has 0 aromatic heterocycles. The molecule has 86 heavy (non-hydrogen) atoms. The molecule has 20 nitrogen and oxygen atoms in total. The zero-order valence-electron chi connectivity index (χ0n) is 46.7. The van der Waals surface area contributed by atoms with Gasteiger partial charge in [-0.3, -0.25) is 0 Å². The highest BCUT2D eigenvalue weighted by atomic mass is 28.6. The first-order valence-electron chi connectivity index (χ1n) is 28.1. The summed E-state index contributed by atoms with van der Waals surface area (Å²) in [5.74, 6) is 0. The summed E-state index contributed by atoms with van der Waals surface area (Å²) in [7, 11) is -49.8. The van der Waals surface area contributed by atoms with Crippen LogP contribution in [0.4, 0.5) is 0 Å². The molecule has 0 amide bonds. The van der Waals surface area contributed by atoms with Gasteiger partial charge in [0.2, 0.25) is 0 Å². The number of benzene rings is 8. The molecule has 6 aliphatic heterocycles. The van der Waals surface area contributed by atoms with Crippen molar-refractivity contribution < 1.29 is 57.6 Å². The molecule has 30 heteroatoms. The van der Waals surface area contributed by atoms with Crippen LogP contribution >= 0.6 is 0 Å². The summed E-state index contributed by atoms with van der Waals surface area (Å²) in [4.78, 5) is 6.30. The highest BCUT2D eigenvalue weighted by molar-refractivity contribution is 7.12. The molecule has 14 rings (SSSR count). The van der Waals surface area contributed by atoms with Crippen LogP contribution in [0.25, 0.3) is 20.9 Å². The summed E-state index contributed by atoms with van der Waals surface area (Å²) >= 11 is 0. The molecule has 0 N–H and O–H groups in total. The Morgan fingerprint density at radius 1 is 0.256 bits per heavy atom. The van der Waals surface area contributed by atoms with Crippen molar-refractivity contribution in [2.75, 3.05) is 13.1 Å². The molecule has 8 bridgehead atoms. The Kier molecular flexibility index (Phi) is 16.3. The fourth-order valence-corrected chi connectivity index (χ4v) is 67.9. The zero-order valence-corrected chi connectivity index (χ0v) is 56.7. The van der Waals surface area contributed by atoms with Gasteiger partial charge in [0.05, 0.1) is 0 Å². The van der Waals surface area contributed by atoms with Crippen molar-refractivity contribution in [3.8, 4) is 0 Å². The molecule has 8 aromatic rings. The minimum Gasteiger partial charge on any atom is -0.391 e. The van der Waals surface area contributed by atoms with Gasteiger partial charge in [-0.2, -0.15) is 0 Å². The second kappa shape index (κ2) is 23.8. The van der Waals surface area contributed by atoms with Crippen LogP contribution in [0, 0.1) is 0 Å². The number of hydrogen-bond donors (Lipinski definition) is 0. The van der Waals surface area contributed by atoms with Gasteiger partial charge >= 0.3 is 87.6 Å². The normalized spacial score (nSPS) is 32.9. The van der Waals surface area contributed by atoms with Gasteiger partial charge in [-0.05, 0) is 49.1 Å². The van der Waals surface area contributed by atoms with Gasteiger partial charge in [-0.25, -0.2) is 0 Å². The molecular weight excluding hydrogens is 1260 g/mol. The van der Waals surface area contributed by atoms with Crippen molar-refractivity contribution in [3.63, 3.8) is 0 Å². The van der Waals surface area contributed by atoms with Crippen LogP contribution in [0.1, 0.15) is 12.8 Å². The van der Waals surface area contributed by atoms with Gasteiger partial charge in [0.25, 0.3) is 0 Å². The molecule has 0 radical (unpaired) electrons. The first kappa shape index (κ1) is 59.0. The van der Waals surface area contributed by atoms with Crippen molar-refractivity contribution in [2.45, 2.75) is 38.0 Å². The lowest BCUT2D eigenvalue weighted by Gasteiger charge is -2.61. The number of hydrogen-bond acceptors (Lipinski definition) is 16. The maximum Gasteiger partial charge on any atom is 0.515 e. The van der Waals surface area contributed by atoms with Gasteiger partial charge < -0.3 is 57.6 Å². The number of azide groups is 2. The number of rotatable bonds is 16. The van der Waals surface area contributed by atoms with Crippen LogP contribution < -0.4 is 41.5 Å². The van der Waals surface area contributed by atoms with E-state index in [1.54, 1.807) is 0 Å². The lowest BCUT2D eigenvalue weighted by molar-refractivity contribution is 0.0253. The molecule has 8 aromatic carbocycles. The van der Waals surface area contributed by atoms with Crippen molar-refractivity contribution >= 4 is 129 Å². The minimum absolute atomic E-state index is 0.0904. The van der Waals surface area contributed by atoms with E-state index in [1.165, 1.54) is 0 Å². The first-order chi connectivity index (χ1) is 41.9. The maximum atomic E-state index is 9.75. The van der Waals surface area contributed by atoms with Crippen LogP contribution in [0.5, 0.6) is 0 Å². The summed E-state index contributed by atoms with van der Waals surface area (Å²) in [6.07, 6.45) is 0.587. The summed E-state index contributed by atoms with van der Waals surface area (Å²) in [6.45, 7) is 4.06. The highest BCUT2D eigenvalue weighted by Crippen LogP contribution is 2.48. The van der Waals surface area contributed by atoms with Gasteiger partial charge in [-0.15, -0.1) is 0 Å². The van der Waals surface area contributed by atoms with Crippen molar-refractivity contribution in [1.82, 2.24) is 0 Å². The van der Waals surface area contributed by atoms with Gasteiger partial charge in [-0.1, -0.05) is 253 Å². The van der Waals surface area contributed by atoms with E-state index in [1.807, 2.05) is 256 Å². The maximum absolute atomic E-state index is 9.75. The van der Waals surface area contributed by atoms with Crippen LogP contribution in [0.3, 0.4) is 0 Å². The molecule has 436 valence electrons. The van der Waals surface area contributed by atoms with E-state index in [-0.39, 0.29) is 25.2 Å². The third kappa shape index (κ3) is 11.1. The zero-order chi connectivity index (χ0) is 58.9. The second-order valence-electron chi connectivity index (χ2n) is 21.2. The van der Waals surface area contributed by atoms with E-state index in [0.717, 1.165) is 0 Å². The minimum atomic E-state index is -5.26. The Hall–Kier alpha value is -6.01. The fraction of sp³-hybridized carbons (Fsp3) is 0.143. The molecule has 6 fully saturated rings. The van der Waals surface area contributed by atoms with Crippen LogP contribution in [-0.4, -0.2) is 101 Å². The molecule has 0 spiro atoms. The molecule has 6 heterocycles. The molecule has 0 atom stereocenters. The summed E-state index contributed by atoms with van der Waals surface area (Å²) in [5.41, 5.74) is 19.5. The Morgan fingerprint density at radius 2 is 0.407 bits per heavy atom. The third-order valence-electron chi connectivity index (χ3n) is 15.0. The summed E-state index contributed by atoms with van der Waals surface area (Å²) < 4.78 is 118. The van der Waals surface area contributed by atoms with Gasteiger partial charge in [0, 0.05) is 64.4 Å². The lowest BCUT2D eigenvalue weighted by Crippen LogP contribution is -2.93. The van der Waals surface area contributed by atoms with E-state index in [0.29, 0.717) is 54.3 Å². The second-order valence-corrected chi connectivity index (χ2v) is 51.7. The van der Waals surface area contributed by atoms with E-state index in [9.17, 15) is 11.1 Å². The largest absolute Gasteiger partial charge is 0.515 e. The Labute approximate surface area is 508 Å². The van der Waals surface area contributed by atoms with Gasteiger partial charge in [0.1, 0.15) is 0 Å². The fourth-order valence-electron chi connectivity index (χ4n) is 11.2. The van der Waals surface area contributed by atoms with Gasteiger partial charge in [0.15, 0.2) is 0 Å².